The van der Waals surface area contributed by atoms with Crippen LogP contribution in [0, 0.1) is 0 Å². The minimum atomic E-state index is 0. The van der Waals surface area contributed by atoms with Crippen molar-refractivity contribution >= 4 is 23.1 Å². The van der Waals surface area contributed by atoms with E-state index in [1.54, 1.807) is 0 Å². The van der Waals surface area contributed by atoms with E-state index in [2.05, 4.69) is 60.0 Å². The van der Waals surface area contributed by atoms with Gasteiger partial charge in [0.1, 0.15) is 0 Å². The predicted molar refractivity (Wildman–Crippen MR) is 78.8 cm³/mol. The lowest BCUT2D eigenvalue weighted by Crippen LogP contribution is -2.24. The summed E-state index contributed by atoms with van der Waals surface area (Å²) in [6.45, 7) is 8.98. The van der Waals surface area contributed by atoms with Crippen LogP contribution in [0.3, 0.4) is 0 Å². The lowest BCUT2D eigenvalue weighted by atomic mass is 10.1. The predicted octanol–water partition coefficient (Wildman–Crippen LogP) is 3.47. The molecule has 92 valence electrons. The van der Waals surface area contributed by atoms with Crippen LogP contribution in [-0.4, -0.2) is 23.0 Å². The summed E-state index contributed by atoms with van der Waals surface area (Å²) in [6.07, 6.45) is 6.18. The number of benzene rings is 1. The second kappa shape index (κ2) is 6.50. The Labute approximate surface area is 114 Å². The average molecular weight is 295 g/mol. The highest BCUT2D eigenvalue weighted by molar-refractivity contribution is 8.93. The van der Waals surface area contributed by atoms with Gasteiger partial charge in [0.15, 0.2) is 0 Å². The molecule has 0 saturated carbocycles. The summed E-state index contributed by atoms with van der Waals surface area (Å²) < 4.78 is 0. The van der Waals surface area contributed by atoms with Crippen LogP contribution in [0.4, 0.5) is 0 Å². The Balaban J connectivity index is 0.00000144. The molecular formula is C14H19BrN2. The third kappa shape index (κ3) is 3.63. The van der Waals surface area contributed by atoms with Gasteiger partial charge in [-0.15, -0.1) is 17.0 Å². The van der Waals surface area contributed by atoms with Crippen molar-refractivity contribution in [3.05, 3.63) is 54.4 Å². The minimum absolute atomic E-state index is 0. The normalized spacial score (nSPS) is 13.7. The maximum atomic E-state index is 3.76. The first-order chi connectivity index (χ1) is 7.81. The summed E-state index contributed by atoms with van der Waals surface area (Å²) >= 11 is 0. The SMILES string of the molecule is Br.C=Cc1ccc(CN2C=CN(CC)C2)cc1. The van der Waals surface area contributed by atoms with E-state index >= 15 is 0 Å². The van der Waals surface area contributed by atoms with Crippen molar-refractivity contribution in [1.29, 1.82) is 0 Å². The topological polar surface area (TPSA) is 6.48 Å². The van der Waals surface area contributed by atoms with Crippen molar-refractivity contribution in [2.75, 3.05) is 13.2 Å². The van der Waals surface area contributed by atoms with E-state index in [0.717, 1.165) is 19.8 Å². The fourth-order valence-electron chi connectivity index (χ4n) is 1.82. The number of nitrogens with zero attached hydrogens (tertiary/aromatic N) is 2. The lowest BCUT2D eigenvalue weighted by Gasteiger charge is -2.20. The standard InChI is InChI=1S/C14H18N2.BrH/c1-3-13-5-7-14(8-6-13)11-16-10-9-15(4-2)12-16;/h3,5-10H,1,4,11-12H2,2H3;1H. The Bertz CT molecular complexity index is 384. The summed E-state index contributed by atoms with van der Waals surface area (Å²) in [6, 6.07) is 8.55. The summed E-state index contributed by atoms with van der Waals surface area (Å²) in [5, 5.41) is 0. The highest BCUT2D eigenvalue weighted by atomic mass is 79.9. The Morgan fingerprint density at radius 1 is 1.18 bits per heavy atom. The van der Waals surface area contributed by atoms with Gasteiger partial charge in [-0.2, -0.15) is 0 Å². The highest BCUT2D eigenvalue weighted by Crippen LogP contribution is 2.12. The van der Waals surface area contributed by atoms with Crippen molar-refractivity contribution in [2.24, 2.45) is 0 Å². The molecule has 1 aromatic carbocycles. The smallest absolute Gasteiger partial charge is 0.0897 e. The zero-order valence-corrected chi connectivity index (χ0v) is 11.9. The molecule has 0 atom stereocenters. The molecule has 1 heterocycles. The lowest BCUT2D eigenvalue weighted by molar-refractivity contribution is 0.268. The Kier molecular flexibility index (Phi) is 5.29. The molecule has 17 heavy (non-hydrogen) atoms. The Morgan fingerprint density at radius 3 is 2.35 bits per heavy atom. The molecule has 0 saturated heterocycles. The van der Waals surface area contributed by atoms with Crippen molar-refractivity contribution in [3.63, 3.8) is 0 Å². The van der Waals surface area contributed by atoms with E-state index in [0.29, 0.717) is 0 Å². The number of hydrogen-bond donors (Lipinski definition) is 0. The quantitative estimate of drug-likeness (QED) is 0.839. The van der Waals surface area contributed by atoms with Crippen molar-refractivity contribution in [2.45, 2.75) is 13.5 Å². The van der Waals surface area contributed by atoms with Crippen molar-refractivity contribution in [3.8, 4) is 0 Å². The van der Waals surface area contributed by atoms with Gasteiger partial charge in [-0.05, 0) is 18.1 Å². The zero-order valence-electron chi connectivity index (χ0n) is 10.2. The van der Waals surface area contributed by atoms with Crippen LogP contribution < -0.4 is 0 Å². The molecule has 2 rings (SSSR count). The molecule has 0 aliphatic carbocycles. The van der Waals surface area contributed by atoms with Crippen molar-refractivity contribution in [1.82, 2.24) is 9.80 Å². The van der Waals surface area contributed by atoms with E-state index in [-0.39, 0.29) is 17.0 Å². The van der Waals surface area contributed by atoms with Gasteiger partial charge in [-0.25, -0.2) is 0 Å². The van der Waals surface area contributed by atoms with Crippen LogP contribution in [0.15, 0.2) is 43.2 Å². The van der Waals surface area contributed by atoms with Crippen LogP contribution in [0.2, 0.25) is 0 Å². The van der Waals surface area contributed by atoms with Gasteiger partial charge >= 0.3 is 0 Å². The van der Waals surface area contributed by atoms with Crippen LogP contribution >= 0.6 is 17.0 Å². The van der Waals surface area contributed by atoms with E-state index < -0.39 is 0 Å². The van der Waals surface area contributed by atoms with E-state index in [4.69, 9.17) is 0 Å². The molecule has 0 unspecified atom stereocenters. The maximum Gasteiger partial charge on any atom is 0.0897 e. The van der Waals surface area contributed by atoms with Crippen LogP contribution in [0.5, 0.6) is 0 Å². The first kappa shape index (κ1) is 13.8. The number of rotatable bonds is 4. The van der Waals surface area contributed by atoms with Crippen LogP contribution in [0.25, 0.3) is 6.08 Å². The number of hydrogen-bond acceptors (Lipinski definition) is 2. The minimum Gasteiger partial charge on any atom is -0.359 e. The molecule has 1 aliphatic rings. The third-order valence-electron chi connectivity index (χ3n) is 2.86. The monoisotopic (exact) mass is 294 g/mol. The van der Waals surface area contributed by atoms with Gasteiger partial charge in [0.05, 0.1) is 6.67 Å². The summed E-state index contributed by atoms with van der Waals surface area (Å²) in [5.74, 6) is 0. The Hall–Kier alpha value is -1.22. The molecule has 2 nitrogen and oxygen atoms in total. The van der Waals surface area contributed by atoms with Crippen molar-refractivity contribution < 1.29 is 0 Å². The van der Waals surface area contributed by atoms with Crippen LogP contribution in [0.1, 0.15) is 18.1 Å². The van der Waals surface area contributed by atoms with Gasteiger partial charge in [-0.1, -0.05) is 36.9 Å². The van der Waals surface area contributed by atoms with Crippen LogP contribution in [-0.2, 0) is 6.54 Å². The van der Waals surface area contributed by atoms with Gasteiger partial charge in [0.2, 0.25) is 0 Å². The molecule has 3 heteroatoms. The first-order valence-corrected chi connectivity index (χ1v) is 5.69. The largest absolute Gasteiger partial charge is 0.359 e. The molecule has 0 radical (unpaired) electrons. The molecule has 0 fully saturated rings. The average Bonchev–Trinajstić information content (AvgIpc) is 2.78. The second-order valence-electron chi connectivity index (χ2n) is 4.04. The summed E-state index contributed by atoms with van der Waals surface area (Å²) in [5.41, 5.74) is 2.52. The molecule has 0 bridgehead atoms. The molecule has 0 N–H and O–H groups in total. The fraction of sp³-hybridized carbons (Fsp3) is 0.286. The van der Waals surface area contributed by atoms with E-state index in [9.17, 15) is 0 Å². The van der Waals surface area contributed by atoms with Gasteiger partial charge in [-0.3, -0.25) is 0 Å². The molecule has 1 aliphatic heterocycles. The molecule has 0 amide bonds. The van der Waals surface area contributed by atoms with E-state index in [1.165, 1.54) is 11.1 Å². The van der Waals surface area contributed by atoms with Gasteiger partial charge in [0.25, 0.3) is 0 Å². The third-order valence-corrected chi connectivity index (χ3v) is 2.86. The highest BCUT2D eigenvalue weighted by Gasteiger charge is 2.10. The molecular weight excluding hydrogens is 276 g/mol. The summed E-state index contributed by atoms with van der Waals surface area (Å²) in [4.78, 5) is 4.60. The first-order valence-electron chi connectivity index (χ1n) is 5.69. The molecule has 0 spiro atoms. The second-order valence-corrected chi connectivity index (χ2v) is 4.04. The fourth-order valence-corrected chi connectivity index (χ4v) is 1.82. The Morgan fingerprint density at radius 2 is 1.82 bits per heavy atom. The van der Waals surface area contributed by atoms with E-state index in [1.807, 2.05) is 6.08 Å². The van der Waals surface area contributed by atoms with Gasteiger partial charge in [0, 0.05) is 25.5 Å². The summed E-state index contributed by atoms with van der Waals surface area (Å²) in [7, 11) is 0. The number of halogens is 1. The molecule has 0 aromatic heterocycles. The van der Waals surface area contributed by atoms with Gasteiger partial charge < -0.3 is 9.80 Å². The maximum absolute atomic E-state index is 3.76. The molecule has 1 aromatic rings. The zero-order chi connectivity index (χ0) is 11.4.